The zero-order valence-corrected chi connectivity index (χ0v) is 11.6. The van der Waals surface area contributed by atoms with E-state index in [2.05, 4.69) is 31.0 Å². The lowest BCUT2D eigenvalue weighted by atomic mass is 10.3. The predicted molar refractivity (Wildman–Crippen MR) is 71.0 cm³/mol. The lowest BCUT2D eigenvalue weighted by Gasteiger charge is -2.25. The molecule has 98 valence electrons. The average Bonchev–Trinajstić information content (AvgIpc) is 2.26. The topological polar surface area (TPSA) is 24.5 Å². The zero-order valence-electron chi connectivity index (χ0n) is 11.6. The highest BCUT2D eigenvalue weighted by molar-refractivity contribution is 4.63. The standard InChI is InChI=1S/C13H30N2O/c1-5-10-15(13(3)4)11-9-14-8-7-12-16-6-2/h13-14H,5-12H2,1-4H3. The summed E-state index contributed by atoms with van der Waals surface area (Å²) in [6.45, 7) is 15.0. The Morgan fingerprint density at radius 2 is 1.88 bits per heavy atom. The molecule has 16 heavy (non-hydrogen) atoms. The van der Waals surface area contributed by atoms with E-state index >= 15 is 0 Å². The molecule has 3 heteroatoms. The van der Waals surface area contributed by atoms with Crippen LogP contribution in [0.1, 0.15) is 40.5 Å². The molecule has 0 saturated carbocycles. The van der Waals surface area contributed by atoms with Crippen LogP contribution < -0.4 is 5.32 Å². The Kier molecular flexibility index (Phi) is 11.3. The van der Waals surface area contributed by atoms with Crippen LogP contribution >= 0.6 is 0 Å². The van der Waals surface area contributed by atoms with Crippen LogP contribution in [0, 0.1) is 0 Å². The Bertz CT molecular complexity index is 140. The van der Waals surface area contributed by atoms with Gasteiger partial charge >= 0.3 is 0 Å². The Morgan fingerprint density at radius 3 is 2.44 bits per heavy atom. The van der Waals surface area contributed by atoms with E-state index in [-0.39, 0.29) is 0 Å². The molecule has 0 bridgehead atoms. The lowest BCUT2D eigenvalue weighted by molar-refractivity contribution is 0.144. The van der Waals surface area contributed by atoms with Gasteiger partial charge in [-0.25, -0.2) is 0 Å². The summed E-state index contributed by atoms with van der Waals surface area (Å²) in [4.78, 5) is 2.52. The molecule has 0 radical (unpaired) electrons. The van der Waals surface area contributed by atoms with Crippen molar-refractivity contribution in [1.29, 1.82) is 0 Å². The first-order valence-electron chi connectivity index (χ1n) is 6.74. The number of hydrogen-bond donors (Lipinski definition) is 1. The summed E-state index contributed by atoms with van der Waals surface area (Å²) in [5.74, 6) is 0. The molecule has 0 amide bonds. The van der Waals surface area contributed by atoms with Crippen LogP contribution in [0.5, 0.6) is 0 Å². The van der Waals surface area contributed by atoms with Crippen LogP contribution in [-0.4, -0.2) is 50.3 Å². The highest BCUT2D eigenvalue weighted by atomic mass is 16.5. The molecule has 0 unspecified atom stereocenters. The van der Waals surface area contributed by atoms with Crippen molar-refractivity contribution >= 4 is 0 Å². The van der Waals surface area contributed by atoms with Gasteiger partial charge in [0, 0.05) is 32.3 Å². The summed E-state index contributed by atoms with van der Waals surface area (Å²) in [7, 11) is 0. The van der Waals surface area contributed by atoms with Crippen molar-refractivity contribution < 1.29 is 4.74 Å². The molecule has 0 heterocycles. The average molecular weight is 230 g/mol. The molecular weight excluding hydrogens is 200 g/mol. The molecule has 0 aromatic rings. The maximum absolute atomic E-state index is 5.29. The van der Waals surface area contributed by atoms with Gasteiger partial charge in [-0.3, -0.25) is 4.90 Å². The fourth-order valence-electron chi connectivity index (χ4n) is 1.71. The van der Waals surface area contributed by atoms with Gasteiger partial charge in [0.05, 0.1) is 0 Å². The van der Waals surface area contributed by atoms with Gasteiger partial charge in [0.2, 0.25) is 0 Å². The van der Waals surface area contributed by atoms with Crippen molar-refractivity contribution in [3.8, 4) is 0 Å². The minimum Gasteiger partial charge on any atom is -0.382 e. The fraction of sp³-hybridized carbons (Fsp3) is 1.00. The van der Waals surface area contributed by atoms with Crippen molar-refractivity contribution in [2.24, 2.45) is 0 Å². The molecule has 0 rings (SSSR count). The Labute approximate surface area is 102 Å². The zero-order chi connectivity index (χ0) is 12.2. The normalized spacial score (nSPS) is 11.6. The first kappa shape index (κ1) is 15.9. The third-order valence-corrected chi connectivity index (χ3v) is 2.66. The summed E-state index contributed by atoms with van der Waals surface area (Å²) in [6, 6.07) is 0.658. The van der Waals surface area contributed by atoms with E-state index in [0.29, 0.717) is 6.04 Å². The van der Waals surface area contributed by atoms with E-state index in [1.54, 1.807) is 0 Å². The second-order valence-electron chi connectivity index (χ2n) is 4.43. The molecule has 0 aliphatic rings. The van der Waals surface area contributed by atoms with Gasteiger partial charge in [-0.2, -0.15) is 0 Å². The van der Waals surface area contributed by atoms with Gasteiger partial charge in [0.1, 0.15) is 0 Å². The first-order valence-corrected chi connectivity index (χ1v) is 6.74. The maximum atomic E-state index is 5.29. The Balaban J connectivity index is 3.33. The van der Waals surface area contributed by atoms with E-state index in [9.17, 15) is 0 Å². The van der Waals surface area contributed by atoms with Crippen LogP contribution in [-0.2, 0) is 4.74 Å². The van der Waals surface area contributed by atoms with Crippen LogP contribution in [0.2, 0.25) is 0 Å². The van der Waals surface area contributed by atoms with Gasteiger partial charge in [-0.05, 0) is 46.7 Å². The lowest BCUT2D eigenvalue weighted by Crippen LogP contribution is -2.37. The van der Waals surface area contributed by atoms with E-state index in [1.807, 2.05) is 6.92 Å². The second-order valence-corrected chi connectivity index (χ2v) is 4.43. The molecule has 0 atom stereocenters. The molecule has 0 saturated heterocycles. The first-order chi connectivity index (χ1) is 7.72. The number of nitrogens with one attached hydrogen (secondary N) is 1. The monoisotopic (exact) mass is 230 g/mol. The molecule has 0 fully saturated rings. The molecule has 3 nitrogen and oxygen atoms in total. The fourth-order valence-corrected chi connectivity index (χ4v) is 1.71. The summed E-state index contributed by atoms with van der Waals surface area (Å²) < 4.78 is 5.29. The molecule has 0 aromatic heterocycles. The summed E-state index contributed by atoms with van der Waals surface area (Å²) in [5.41, 5.74) is 0. The number of hydrogen-bond acceptors (Lipinski definition) is 3. The largest absolute Gasteiger partial charge is 0.382 e. The smallest absolute Gasteiger partial charge is 0.0477 e. The van der Waals surface area contributed by atoms with Gasteiger partial charge in [-0.15, -0.1) is 0 Å². The van der Waals surface area contributed by atoms with Gasteiger partial charge < -0.3 is 10.1 Å². The van der Waals surface area contributed by atoms with Crippen LogP contribution in [0.4, 0.5) is 0 Å². The third-order valence-electron chi connectivity index (χ3n) is 2.66. The van der Waals surface area contributed by atoms with E-state index in [4.69, 9.17) is 4.74 Å². The molecule has 0 aromatic carbocycles. The Morgan fingerprint density at radius 1 is 1.12 bits per heavy atom. The van der Waals surface area contributed by atoms with Crippen molar-refractivity contribution in [1.82, 2.24) is 10.2 Å². The van der Waals surface area contributed by atoms with Crippen molar-refractivity contribution in [3.05, 3.63) is 0 Å². The highest BCUT2D eigenvalue weighted by Crippen LogP contribution is 1.98. The van der Waals surface area contributed by atoms with E-state index in [0.717, 1.165) is 39.3 Å². The van der Waals surface area contributed by atoms with Gasteiger partial charge in [-0.1, -0.05) is 6.92 Å². The van der Waals surface area contributed by atoms with Crippen molar-refractivity contribution in [2.45, 2.75) is 46.6 Å². The van der Waals surface area contributed by atoms with E-state index in [1.165, 1.54) is 13.0 Å². The summed E-state index contributed by atoms with van der Waals surface area (Å²) >= 11 is 0. The quantitative estimate of drug-likeness (QED) is 0.550. The minimum atomic E-state index is 0.658. The predicted octanol–water partition coefficient (Wildman–Crippen LogP) is 2.12. The molecule has 0 spiro atoms. The number of nitrogens with zero attached hydrogens (tertiary/aromatic N) is 1. The van der Waals surface area contributed by atoms with Crippen molar-refractivity contribution in [2.75, 3.05) is 39.4 Å². The number of ether oxygens (including phenoxy) is 1. The molecular formula is C13H30N2O. The summed E-state index contributed by atoms with van der Waals surface area (Å²) in [6.07, 6.45) is 2.35. The third kappa shape index (κ3) is 9.13. The van der Waals surface area contributed by atoms with Gasteiger partial charge in [0.25, 0.3) is 0 Å². The second kappa shape index (κ2) is 11.4. The van der Waals surface area contributed by atoms with Crippen molar-refractivity contribution in [3.63, 3.8) is 0 Å². The highest BCUT2D eigenvalue weighted by Gasteiger charge is 2.06. The molecule has 0 aliphatic carbocycles. The van der Waals surface area contributed by atoms with Gasteiger partial charge in [0.15, 0.2) is 0 Å². The minimum absolute atomic E-state index is 0.658. The van der Waals surface area contributed by atoms with Crippen LogP contribution in [0.3, 0.4) is 0 Å². The maximum Gasteiger partial charge on any atom is 0.0477 e. The number of rotatable bonds is 11. The van der Waals surface area contributed by atoms with Crippen LogP contribution in [0.25, 0.3) is 0 Å². The Hall–Kier alpha value is -0.120. The van der Waals surface area contributed by atoms with Crippen LogP contribution in [0.15, 0.2) is 0 Å². The SMILES string of the molecule is CCCN(CCNCCCOCC)C(C)C. The molecule has 0 aliphatic heterocycles. The van der Waals surface area contributed by atoms with E-state index < -0.39 is 0 Å². The molecule has 1 N–H and O–H groups in total. The summed E-state index contributed by atoms with van der Waals surface area (Å²) in [5, 5.41) is 3.47.